The molecule has 0 rings (SSSR count). The van der Waals surface area contributed by atoms with Crippen molar-refractivity contribution < 1.29 is 13.2 Å². The molecule has 1 amide bonds. The van der Waals surface area contributed by atoms with Crippen LogP contribution < -0.4 is 16.2 Å². The fourth-order valence-electron chi connectivity index (χ4n) is 1.10. The highest BCUT2D eigenvalue weighted by Crippen LogP contribution is 2.09. The van der Waals surface area contributed by atoms with Crippen molar-refractivity contribution in [3.05, 3.63) is 0 Å². The molecule has 0 atom stereocenters. The normalized spacial score (nSPS) is 12.8. The van der Waals surface area contributed by atoms with Crippen molar-refractivity contribution in [2.24, 2.45) is 11.5 Å². The average molecular weight is 223 g/mol. The molecule has 0 aromatic heterocycles. The molecule has 0 aromatic carbocycles. The first-order chi connectivity index (χ1) is 6.18. The minimum Gasteiger partial charge on any atom is -0.370 e. The third-order valence-corrected chi connectivity index (χ3v) is 3.07. The van der Waals surface area contributed by atoms with E-state index >= 15 is 0 Å². The van der Waals surface area contributed by atoms with Gasteiger partial charge in [-0.1, -0.05) is 0 Å². The SMILES string of the molecule is CC(C)(CC(N)=O)NS(=O)(=O)CCN. The molecule has 0 aromatic rings. The number of nitrogens with two attached hydrogens (primary N) is 2. The van der Waals surface area contributed by atoms with Gasteiger partial charge < -0.3 is 11.5 Å². The van der Waals surface area contributed by atoms with Crippen LogP contribution in [0.1, 0.15) is 20.3 Å². The van der Waals surface area contributed by atoms with Gasteiger partial charge in [0.05, 0.1) is 5.75 Å². The second-order valence-electron chi connectivity index (χ2n) is 3.74. The molecule has 5 N–H and O–H groups in total. The van der Waals surface area contributed by atoms with E-state index in [1.807, 2.05) is 0 Å². The lowest BCUT2D eigenvalue weighted by Crippen LogP contribution is -2.47. The molecule has 0 fully saturated rings. The summed E-state index contributed by atoms with van der Waals surface area (Å²) in [6.07, 6.45) is -0.0448. The van der Waals surface area contributed by atoms with Crippen LogP contribution in [0.15, 0.2) is 0 Å². The Morgan fingerprint density at radius 1 is 1.43 bits per heavy atom. The first kappa shape index (κ1) is 13.3. The Kier molecular flexibility index (Phi) is 4.50. The van der Waals surface area contributed by atoms with Gasteiger partial charge in [-0.3, -0.25) is 4.79 Å². The molecule has 0 aliphatic heterocycles. The Morgan fingerprint density at radius 2 is 1.93 bits per heavy atom. The molecule has 0 aliphatic rings. The number of hydrogen-bond acceptors (Lipinski definition) is 4. The molecule has 0 aliphatic carbocycles. The Balaban J connectivity index is 4.42. The van der Waals surface area contributed by atoms with Gasteiger partial charge in [0.25, 0.3) is 0 Å². The first-order valence-corrected chi connectivity index (χ1v) is 5.84. The maximum Gasteiger partial charge on any atom is 0.219 e. The topological polar surface area (TPSA) is 115 Å². The van der Waals surface area contributed by atoms with E-state index in [9.17, 15) is 13.2 Å². The largest absolute Gasteiger partial charge is 0.370 e. The van der Waals surface area contributed by atoms with Gasteiger partial charge in [-0.25, -0.2) is 13.1 Å². The lowest BCUT2D eigenvalue weighted by atomic mass is 10.0. The van der Waals surface area contributed by atoms with E-state index in [1.54, 1.807) is 13.8 Å². The quantitative estimate of drug-likeness (QED) is 0.509. The summed E-state index contributed by atoms with van der Waals surface area (Å²) in [5, 5.41) is 0. The molecule has 0 spiro atoms. The van der Waals surface area contributed by atoms with Crippen LogP contribution in [0.2, 0.25) is 0 Å². The van der Waals surface area contributed by atoms with Gasteiger partial charge in [0.15, 0.2) is 0 Å². The predicted octanol–water partition coefficient (Wildman–Crippen LogP) is -1.48. The summed E-state index contributed by atoms with van der Waals surface area (Å²) in [5.41, 5.74) is 9.24. The van der Waals surface area contributed by atoms with Crippen LogP contribution in [-0.2, 0) is 14.8 Å². The van der Waals surface area contributed by atoms with Gasteiger partial charge in [0.2, 0.25) is 15.9 Å². The van der Waals surface area contributed by atoms with Crippen molar-refractivity contribution in [2.45, 2.75) is 25.8 Å². The number of nitrogens with one attached hydrogen (secondary N) is 1. The zero-order chi connectivity index (χ0) is 11.4. The Morgan fingerprint density at radius 3 is 2.29 bits per heavy atom. The van der Waals surface area contributed by atoms with E-state index in [4.69, 9.17) is 11.5 Å². The third-order valence-electron chi connectivity index (χ3n) is 1.43. The highest BCUT2D eigenvalue weighted by molar-refractivity contribution is 7.89. The molecule has 6 nitrogen and oxygen atoms in total. The summed E-state index contributed by atoms with van der Waals surface area (Å²) in [6.45, 7) is 3.22. The van der Waals surface area contributed by atoms with Crippen LogP contribution in [0.5, 0.6) is 0 Å². The Hall–Kier alpha value is -0.660. The summed E-state index contributed by atoms with van der Waals surface area (Å²) in [6, 6.07) is 0. The third kappa shape index (κ3) is 5.90. The maximum atomic E-state index is 11.3. The number of rotatable bonds is 6. The summed E-state index contributed by atoms with van der Waals surface area (Å²) < 4.78 is 24.9. The van der Waals surface area contributed by atoms with Gasteiger partial charge in [0, 0.05) is 18.5 Å². The van der Waals surface area contributed by atoms with E-state index in [-0.39, 0.29) is 18.7 Å². The van der Waals surface area contributed by atoms with E-state index in [0.717, 1.165) is 0 Å². The van der Waals surface area contributed by atoms with Crippen LogP contribution in [0.25, 0.3) is 0 Å². The van der Waals surface area contributed by atoms with E-state index in [2.05, 4.69) is 4.72 Å². The van der Waals surface area contributed by atoms with E-state index in [1.165, 1.54) is 0 Å². The molecular weight excluding hydrogens is 206 g/mol. The number of carbonyl (C=O) groups is 1. The molecule has 0 saturated carbocycles. The molecule has 0 bridgehead atoms. The van der Waals surface area contributed by atoms with Crippen molar-refractivity contribution in [2.75, 3.05) is 12.3 Å². The lowest BCUT2D eigenvalue weighted by Gasteiger charge is -2.24. The summed E-state index contributed by atoms with van der Waals surface area (Å²) in [7, 11) is -3.42. The minimum absolute atomic E-state index is 0.0436. The van der Waals surface area contributed by atoms with Gasteiger partial charge in [-0.05, 0) is 13.8 Å². The number of sulfonamides is 1. The maximum absolute atomic E-state index is 11.3. The number of hydrogen-bond donors (Lipinski definition) is 3. The van der Waals surface area contributed by atoms with Crippen LogP contribution in [0, 0.1) is 0 Å². The zero-order valence-electron chi connectivity index (χ0n) is 8.41. The van der Waals surface area contributed by atoms with E-state index < -0.39 is 21.5 Å². The second-order valence-corrected chi connectivity index (χ2v) is 5.58. The van der Waals surface area contributed by atoms with Crippen LogP contribution >= 0.6 is 0 Å². The Bertz CT molecular complexity index is 297. The van der Waals surface area contributed by atoms with Crippen molar-refractivity contribution in [1.82, 2.24) is 4.72 Å². The fourth-order valence-corrected chi connectivity index (χ4v) is 2.43. The second kappa shape index (κ2) is 4.72. The zero-order valence-corrected chi connectivity index (χ0v) is 9.23. The highest BCUT2D eigenvalue weighted by atomic mass is 32.2. The molecule has 0 unspecified atom stereocenters. The van der Waals surface area contributed by atoms with Crippen LogP contribution in [0.4, 0.5) is 0 Å². The summed E-state index contributed by atoms with van der Waals surface area (Å²) >= 11 is 0. The van der Waals surface area contributed by atoms with Gasteiger partial charge in [-0.15, -0.1) is 0 Å². The fraction of sp³-hybridized carbons (Fsp3) is 0.857. The van der Waals surface area contributed by atoms with Crippen LogP contribution in [-0.4, -0.2) is 32.2 Å². The van der Waals surface area contributed by atoms with Crippen molar-refractivity contribution in [1.29, 1.82) is 0 Å². The number of amides is 1. The average Bonchev–Trinajstić information content (AvgIpc) is 1.78. The molecule has 0 heterocycles. The molecule has 84 valence electrons. The van der Waals surface area contributed by atoms with E-state index in [0.29, 0.717) is 0 Å². The van der Waals surface area contributed by atoms with Crippen molar-refractivity contribution >= 4 is 15.9 Å². The first-order valence-electron chi connectivity index (χ1n) is 4.18. The standard InChI is InChI=1S/C7H17N3O3S/c1-7(2,5-6(9)11)10-14(12,13)4-3-8/h10H,3-5,8H2,1-2H3,(H2,9,11). The monoisotopic (exact) mass is 223 g/mol. The van der Waals surface area contributed by atoms with Gasteiger partial charge in [-0.2, -0.15) is 0 Å². The lowest BCUT2D eigenvalue weighted by molar-refractivity contribution is -0.119. The molecule has 0 saturated heterocycles. The summed E-state index contributed by atoms with van der Waals surface area (Å²) in [4.78, 5) is 10.6. The highest BCUT2D eigenvalue weighted by Gasteiger charge is 2.25. The number of carbonyl (C=O) groups excluding carboxylic acids is 1. The predicted molar refractivity (Wildman–Crippen MR) is 53.9 cm³/mol. The minimum atomic E-state index is -3.42. The van der Waals surface area contributed by atoms with Crippen molar-refractivity contribution in [3.63, 3.8) is 0 Å². The molecule has 7 heteroatoms. The Labute approximate surface area is 84.1 Å². The van der Waals surface area contributed by atoms with Gasteiger partial charge >= 0.3 is 0 Å². The molecular formula is C7H17N3O3S. The smallest absolute Gasteiger partial charge is 0.219 e. The summed E-state index contributed by atoms with van der Waals surface area (Å²) in [5.74, 6) is -0.708. The molecule has 0 radical (unpaired) electrons. The molecule has 14 heavy (non-hydrogen) atoms. The van der Waals surface area contributed by atoms with Crippen LogP contribution in [0.3, 0.4) is 0 Å². The van der Waals surface area contributed by atoms with Crippen molar-refractivity contribution in [3.8, 4) is 0 Å². The van der Waals surface area contributed by atoms with Gasteiger partial charge in [0.1, 0.15) is 0 Å². The number of primary amides is 1.